The van der Waals surface area contributed by atoms with E-state index in [1.54, 1.807) is 0 Å². The van der Waals surface area contributed by atoms with E-state index < -0.39 is 0 Å². The van der Waals surface area contributed by atoms with Gasteiger partial charge in [-0.3, -0.25) is 10.3 Å². The van der Waals surface area contributed by atoms with Crippen molar-refractivity contribution in [2.45, 2.75) is 6.42 Å². The Morgan fingerprint density at radius 2 is 2.38 bits per heavy atom. The van der Waals surface area contributed by atoms with E-state index in [2.05, 4.69) is 20.5 Å². The Labute approximate surface area is 79.7 Å². The summed E-state index contributed by atoms with van der Waals surface area (Å²) >= 11 is 0. The lowest BCUT2D eigenvalue weighted by molar-refractivity contribution is 0.482. The van der Waals surface area contributed by atoms with Crippen LogP contribution in [-0.4, -0.2) is 44.6 Å². The number of rotatable bonds is 0. The van der Waals surface area contributed by atoms with Crippen molar-refractivity contribution in [2.24, 2.45) is 4.99 Å². The summed E-state index contributed by atoms with van der Waals surface area (Å²) < 4.78 is 0. The molecule has 0 atom stereocenters. The molecular formula is C9H18N4. The molecule has 4 nitrogen and oxygen atoms in total. The quantitative estimate of drug-likeness (QED) is 0.554. The number of nitrogens with one attached hydrogen (secondary N) is 2. The van der Waals surface area contributed by atoms with Crippen LogP contribution in [0.3, 0.4) is 0 Å². The first kappa shape index (κ1) is 10.1. The molecule has 0 fully saturated rings. The molecule has 0 bridgehead atoms. The predicted octanol–water partition coefficient (Wildman–Crippen LogP) is 0.000600. The lowest BCUT2D eigenvalue weighted by Gasteiger charge is -2.15. The Kier molecular flexibility index (Phi) is 5.01. The van der Waals surface area contributed by atoms with Crippen LogP contribution in [-0.2, 0) is 0 Å². The minimum atomic E-state index is 0.913. The van der Waals surface area contributed by atoms with E-state index in [4.69, 9.17) is 0 Å². The highest BCUT2D eigenvalue weighted by atomic mass is 15.1. The highest BCUT2D eigenvalue weighted by Gasteiger charge is 1.94. The topological polar surface area (TPSA) is 39.7 Å². The van der Waals surface area contributed by atoms with Crippen molar-refractivity contribution in [3.63, 3.8) is 0 Å². The smallest absolute Gasteiger partial charge is 0.0847 e. The molecule has 0 saturated heterocycles. The van der Waals surface area contributed by atoms with Crippen LogP contribution in [0.2, 0.25) is 0 Å². The van der Waals surface area contributed by atoms with E-state index in [9.17, 15) is 0 Å². The van der Waals surface area contributed by atoms with Crippen molar-refractivity contribution in [3.05, 3.63) is 12.3 Å². The van der Waals surface area contributed by atoms with Gasteiger partial charge in [-0.1, -0.05) is 6.08 Å². The summed E-state index contributed by atoms with van der Waals surface area (Å²) in [5, 5.41) is 6.08. The molecule has 13 heavy (non-hydrogen) atoms. The molecule has 0 aliphatic carbocycles. The zero-order chi connectivity index (χ0) is 9.36. The van der Waals surface area contributed by atoms with Crippen LogP contribution in [0, 0.1) is 0 Å². The van der Waals surface area contributed by atoms with Crippen molar-refractivity contribution >= 4 is 6.34 Å². The van der Waals surface area contributed by atoms with Gasteiger partial charge in [0.2, 0.25) is 0 Å². The summed E-state index contributed by atoms with van der Waals surface area (Å²) in [6.45, 7) is 4.11. The zero-order valence-corrected chi connectivity index (χ0v) is 8.16. The molecule has 4 heteroatoms. The average molecular weight is 182 g/mol. The van der Waals surface area contributed by atoms with Gasteiger partial charge in [0, 0.05) is 26.7 Å². The summed E-state index contributed by atoms with van der Waals surface area (Å²) in [6.07, 6.45) is 7.11. The van der Waals surface area contributed by atoms with Gasteiger partial charge in [-0.25, -0.2) is 0 Å². The molecule has 2 aliphatic rings. The summed E-state index contributed by atoms with van der Waals surface area (Å²) in [5.41, 5.74) is 0. The van der Waals surface area contributed by atoms with Gasteiger partial charge in [-0.15, -0.1) is 0 Å². The lowest BCUT2D eigenvalue weighted by atomic mass is 10.4. The maximum atomic E-state index is 4.06. The second-order valence-electron chi connectivity index (χ2n) is 3.09. The fourth-order valence-corrected chi connectivity index (χ4v) is 1.10. The fraction of sp³-hybridized carbons (Fsp3) is 0.667. The number of aliphatic imine (C=N–C) groups is 1. The van der Waals surface area contributed by atoms with E-state index >= 15 is 0 Å². The Morgan fingerprint density at radius 1 is 1.46 bits per heavy atom. The van der Waals surface area contributed by atoms with Crippen LogP contribution in [0.1, 0.15) is 6.42 Å². The van der Waals surface area contributed by atoms with Crippen LogP contribution >= 0.6 is 0 Å². The largest absolute Gasteiger partial charge is 0.379 e. The van der Waals surface area contributed by atoms with Crippen LogP contribution in [0.4, 0.5) is 0 Å². The molecule has 0 unspecified atom stereocenters. The van der Waals surface area contributed by atoms with E-state index in [1.165, 1.54) is 13.0 Å². The number of hydrogen-bond donors (Lipinski definition) is 2. The van der Waals surface area contributed by atoms with Gasteiger partial charge >= 0.3 is 0 Å². The van der Waals surface area contributed by atoms with E-state index in [1.807, 2.05) is 25.7 Å². The Morgan fingerprint density at radius 3 is 2.62 bits per heavy atom. The maximum Gasteiger partial charge on any atom is 0.0847 e. The van der Waals surface area contributed by atoms with E-state index in [0.717, 1.165) is 19.8 Å². The molecule has 0 saturated carbocycles. The maximum absolute atomic E-state index is 4.06. The molecule has 0 aromatic carbocycles. The molecule has 0 spiro atoms. The molecule has 2 heterocycles. The highest BCUT2D eigenvalue weighted by Crippen LogP contribution is 1.90. The van der Waals surface area contributed by atoms with Crippen molar-refractivity contribution < 1.29 is 0 Å². The van der Waals surface area contributed by atoms with Crippen molar-refractivity contribution in [1.29, 1.82) is 0 Å². The van der Waals surface area contributed by atoms with Gasteiger partial charge in [-0.05, 0) is 12.6 Å². The molecule has 2 aliphatic heterocycles. The highest BCUT2D eigenvalue weighted by molar-refractivity contribution is 5.54. The fourth-order valence-electron chi connectivity index (χ4n) is 1.10. The average Bonchev–Trinajstić information content (AvgIpc) is 2.22. The van der Waals surface area contributed by atoms with Gasteiger partial charge in [-0.2, -0.15) is 0 Å². The SMILES string of the molecule is C1=CNCNC1.CN1C=NCCC1. The van der Waals surface area contributed by atoms with Gasteiger partial charge in [0.05, 0.1) is 13.0 Å². The molecule has 0 radical (unpaired) electrons. The van der Waals surface area contributed by atoms with E-state index in [0.29, 0.717) is 0 Å². The minimum Gasteiger partial charge on any atom is -0.379 e. The Hall–Kier alpha value is -1.03. The third-order valence-electron chi connectivity index (χ3n) is 1.80. The van der Waals surface area contributed by atoms with Crippen molar-refractivity contribution in [2.75, 3.05) is 33.4 Å². The lowest BCUT2D eigenvalue weighted by Crippen LogP contribution is -2.29. The summed E-state index contributed by atoms with van der Waals surface area (Å²) in [7, 11) is 2.04. The molecule has 0 aromatic heterocycles. The Bertz CT molecular complexity index is 168. The van der Waals surface area contributed by atoms with Crippen LogP contribution in [0.25, 0.3) is 0 Å². The molecule has 74 valence electrons. The number of hydrogen-bond acceptors (Lipinski definition) is 4. The molecule has 0 aromatic rings. The third-order valence-corrected chi connectivity index (χ3v) is 1.80. The summed E-state index contributed by atoms with van der Waals surface area (Å²) in [4.78, 5) is 6.16. The third kappa shape index (κ3) is 5.25. The summed E-state index contributed by atoms with van der Waals surface area (Å²) in [5.74, 6) is 0. The van der Waals surface area contributed by atoms with Crippen molar-refractivity contribution in [3.8, 4) is 0 Å². The van der Waals surface area contributed by atoms with Crippen molar-refractivity contribution in [1.82, 2.24) is 15.5 Å². The first-order valence-electron chi connectivity index (χ1n) is 4.69. The minimum absolute atomic E-state index is 0.913. The number of nitrogens with zero attached hydrogens (tertiary/aromatic N) is 2. The second kappa shape index (κ2) is 6.48. The zero-order valence-electron chi connectivity index (χ0n) is 8.16. The van der Waals surface area contributed by atoms with Gasteiger partial charge in [0.15, 0.2) is 0 Å². The normalized spacial score (nSPS) is 20.2. The molecule has 0 amide bonds. The first-order chi connectivity index (χ1) is 6.39. The standard InChI is InChI=1S/C5H10N2.C4H8N2/c1-7-4-2-3-6-5-7;1-2-5-4-6-3-1/h5H,2-4H2,1H3;1-2,5-6H,3-4H2. The first-order valence-corrected chi connectivity index (χ1v) is 4.69. The van der Waals surface area contributed by atoms with E-state index in [-0.39, 0.29) is 0 Å². The van der Waals surface area contributed by atoms with Crippen LogP contribution in [0.15, 0.2) is 17.3 Å². The van der Waals surface area contributed by atoms with Gasteiger partial charge < -0.3 is 10.2 Å². The van der Waals surface area contributed by atoms with Crippen LogP contribution < -0.4 is 10.6 Å². The molecule has 2 rings (SSSR count). The molecule has 2 N–H and O–H groups in total. The van der Waals surface area contributed by atoms with Gasteiger partial charge in [0.25, 0.3) is 0 Å². The monoisotopic (exact) mass is 182 g/mol. The summed E-state index contributed by atoms with van der Waals surface area (Å²) in [6, 6.07) is 0. The molecular weight excluding hydrogens is 164 g/mol. The van der Waals surface area contributed by atoms with Crippen LogP contribution in [0.5, 0.6) is 0 Å². The predicted molar refractivity (Wildman–Crippen MR) is 55.8 cm³/mol. The second-order valence-corrected chi connectivity index (χ2v) is 3.09. The Balaban J connectivity index is 0.000000132. The van der Waals surface area contributed by atoms with Gasteiger partial charge in [0.1, 0.15) is 0 Å².